The summed E-state index contributed by atoms with van der Waals surface area (Å²) in [6.45, 7) is 7.46. The second-order valence-electron chi connectivity index (χ2n) is 12.2. The Hall–Kier alpha value is -3.38. The minimum absolute atomic E-state index is 0.00300. The average Bonchev–Trinajstić information content (AvgIpc) is 3.55. The quantitative estimate of drug-likeness (QED) is 0.351. The van der Waals surface area contributed by atoms with E-state index in [4.69, 9.17) is 16.3 Å². The highest BCUT2D eigenvalue weighted by Gasteiger charge is 2.43. The molecule has 3 heterocycles. The van der Waals surface area contributed by atoms with Crippen LogP contribution in [0.2, 0.25) is 5.02 Å². The Balaban J connectivity index is 1.16. The first-order valence-electron chi connectivity index (χ1n) is 15.2. The van der Waals surface area contributed by atoms with Crippen molar-refractivity contribution in [2.75, 3.05) is 57.3 Å². The number of benzene rings is 2. The summed E-state index contributed by atoms with van der Waals surface area (Å²) in [4.78, 5) is 45.0. The first kappa shape index (κ1) is 33.0. The maximum absolute atomic E-state index is 13.8. The fourth-order valence-electron chi connectivity index (χ4n) is 6.57. The molecule has 2 aromatic carbocycles. The fraction of sp³-hybridized carbons (Fsp3) is 0.531. The highest BCUT2D eigenvalue weighted by molar-refractivity contribution is 6.31. The van der Waals surface area contributed by atoms with Crippen LogP contribution in [0.1, 0.15) is 47.7 Å². The highest BCUT2D eigenvalue weighted by atomic mass is 35.5. The van der Waals surface area contributed by atoms with E-state index in [-0.39, 0.29) is 23.8 Å². The summed E-state index contributed by atoms with van der Waals surface area (Å²) in [5.74, 6) is -1.51. The zero-order valence-corrected chi connectivity index (χ0v) is 26.0. The van der Waals surface area contributed by atoms with Crippen LogP contribution in [0.4, 0.5) is 28.0 Å². The summed E-state index contributed by atoms with van der Waals surface area (Å²) in [7, 11) is 0. The summed E-state index contributed by atoms with van der Waals surface area (Å²) in [6.07, 6.45) is -3.76. The van der Waals surface area contributed by atoms with Crippen LogP contribution in [-0.4, -0.2) is 91.1 Å². The van der Waals surface area contributed by atoms with Gasteiger partial charge in [-0.3, -0.25) is 14.5 Å². The number of nitrogens with zero attached hydrogens (tertiary/aromatic N) is 4. The van der Waals surface area contributed by atoms with Gasteiger partial charge < -0.3 is 19.4 Å². The zero-order chi connectivity index (χ0) is 32.5. The van der Waals surface area contributed by atoms with Crippen molar-refractivity contribution in [2.45, 2.75) is 45.4 Å². The molecule has 2 aromatic rings. The van der Waals surface area contributed by atoms with Crippen LogP contribution in [0.15, 0.2) is 36.4 Å². The van der Waals surface area contributed by atoms with Gasteiger partial charge >= 0.3 is 12.3 Å². The van der Waals surface area contributed by atoms with E-state index in [0.29, 0.717) is 101 Å². The van der Waals surface area contributed by atoms with Crippen molar-refractivity contribution in [3.05, 3.63) is 63.9 Å². The summed E-state index contributed by atoms with van der Waals surface area (Å²) < 4.78 is 60.1. The first-order chi connectivity index (χ1) is 21.3. The van der Waals surface area contributed by atoms with Crippen LogP contribution in [-0.2, 0) is 15.7 Å². The van der Waals surface area contributed by atoms with Crippen molar-refractivity contribution < 1.29 is 36.7 Å². The maximum atomic E-state index is 13.8. The van der Waals surface area contributed by atoms with Crippen molar-refractivity contribution in [1.82, 2.24) is 14.7 Å². The Morgan fingerprint density at radius 1 is 0.978 bits per heavy atom. The summed E-state index contributed by atoms with van der Waals surface area (Å²) in [5, 5.41) is 0.534. The van der Waals surface area contributed by atoms with Crippen LogP contribution in [0, 0.1) is 24.6 Å². The van der Waals surface area contributed by atoms with Crippen molar-refractivity contribution in [2.24, 2.45) is 11.8 Å². The molecule has 3 aliphatic rings. The van der Waals surface area contributed by atoms with Crippen LogP contribution >= 0.6 is 11.6 Å². The third-order valence-corrected chi connectivity index (χ3v) is 9.47. The minimum Gasteiger partial charge on any atom is -0.446 e. The molecule has 13 heteroatoms. The Labute approximate surface area is 264 Å². The molecule has 0 aliphatic carbocycles. The number of piperidine rings is 1. The number of ether oxygens (including phenoxy) is 1. The molecule has 3 amide bonds. The Kier molecular flexibility index (Phi) is 9.93. The van der Waals surface area contributed by atoms with E-state index in [1.54, 1.807) is 15.9 Å². The molecule has 5 rings (SSSR count). The van der Waals surface area contributed by atoms with Gasteiger partial charge in [0.2, 0.25) is 5.91 Å². The van der Waals surface area contributed by atoms with Crippen molar-refractivity contribution in [1.29, 1.82) is 0 Å². The van der Waals surface area contributed by atoms with E-state index in [2.05, 4.69) is 4.90 Å². The van der Waals surface area contributed by atoms with Gasteiger partial charge in [0, 0.05) is 76.3 Å². The second-order valence-corrected chi connectivity index (χ2v) is 12.6. The molecule has 2 unspecified atom stereocenters. The second kappa shape index (κ2) is 13.5. The van der Waals surface area contributed by atoms with E-state index in [0.717, 1.165) is 5.56 Å². The molecule has 244 valence electrons. The molecule has 2 atom stereocenters. The smallest absolute Gasteiger partial charge is 0.417 e. The number of rotatable bonds is 7. The first-order valence-corrected chi connectivity index (χ1v) is 15.6. The van der Waals surface area contributed by atoms with Gasteiger partial charge in [0.15, 0.2) is 0 Å². The van der Waals surface area contributed by atoms with E-state index in [1.807, 2.05) is 19.1 Å². The summed E-state index contributed by atoms with van der Waals surface area (Å²) in [6, 6.07) is 7.41. The molecular weight excluding hydrogens is 616 g/mol. The van der Waals surface area contributed by atoms with Crippen molar-refractivity contribution in [3.8, 4) is 0 Å². The largest absolute Gasteiger partial charge is 0.446 e. The number of aryl methyl sites for hydroxylation is 1. The van der Waals surface area contributed by atoms with Crippen LogP contribution in [0.25, 0.3) is 0 Å². The lowest BCUT2D eigenvalue weighted by atomic mass is 10.0. The predicted octanol–water partition coefficient (Wildman–Crippen LogP) is 5.85. The molecule has 0 N–H and O–H groups in total. The van der Waals surface area contributed by atoms with Gasteiger partial charge in [-0.25, -0.2) is 9.18 Å². The van der Waals surface area contributed by atoms with E-state index in [9.17, 15) is 31.9 Å². The molecule has 0 aromatic heterocycles. The number of halogens is 5. The average molecular weight is 653 g/mol. The molecule has 0 bridgehead atoms. The summed E-state index contributed by atoms with van der Waals surface area (Å²) in [5.41, 5.74) is -0.285. The Morgan fingerprint density at radius 3 is 2.24 bits per heavy atom. The molecule has 0 radical (unpaired) electrons. The predicted molar refractivity (Wildman–Crippen MR) is 161 cm³/mol. The van der Waals surface area contributed by atoms with Gasteiger partial charge in [0.1, 0.15) is 11.9 Å². The fourth-order valence-corrected chi connectivity index (χ4v) is 6.75. The number of amides is 3. The van der Waals surface area contributed by atoms with Crippen molar-refractivity contribution >= 4 is 35.2 Å². The van der Waals surface area contributed by atoms with E-state index < -0.39 is 35.1 Å². The SMILES string of the molecule is CC(=O)N1CCC(OC(=O)N(CCCN2CC3CN(C(=O)c4cc(F)ccc4C(F)(F)F)CC3C2)c2ccc(C)c(Cl)c2)CC1. The molecule has 0 spiro atoms. The van der Waals surface area contributed by atoms with Gasteiger partial charge in [-0.15, -0.1) is 0 Å². The number of carbonyl (C=O) groups is 3. The topological polar surface area (TPSA) is 73.4 Å². The van der Waals surface area contributed by atoms with Gasteiger partial charge in [0.25, 0.3) is 5.91 Å². The van der Waals surface area contributed by atoms with Crippen LogP contribution < -0.4 is 4.90 Å². The van der Waals surface area contributed by atoms with E-state index in [1.165, 1.54) is 11.8 Å². The van der Waals surface area contributed by atoms with Crippen LogP contribution in [0.5, 0.6) is 0 Å². The lowest BCUT2D eigenvalue weighted by molar-refractivity contribution is -0.138. The molecular formula is C32H37ClF4N4O4. The molecule has 0 saturated carbocycles. The lowest BCUT2D eigenvalue weighted by Crippen LogP contribution is -2.43. The third-order valence-electron chi connectivity index (χ3n) is 9.06. The number of hydrogen-bond acceptors (Lipinski definition) is 5. The number of alkyl halides is 3. The number of fused-ring (bicyclic) bond motifs is 1. The van der Waals surface area contributed by atoms with Gasteiger partial charge in [-0.1, -0.05) is 17.7 Å². The Morgan fingerprint density at radius 2 is 1.64 bits per heavy atom. The van der Waals surface area contributed by atoms with Crippen LogP contribution in [0.3, 0.4) is 0 Å². The number of hydrogen-bond donors (Lipinski definition) is 0. The van der Waals surface area contributed by atoms with Gasteiger partial charge in [-0.2, -0.15) is 13.2 Å². The minimum atomic E-state index is -4.76. The van der Waals surface area contributed by atoms with Crippen molar-refractivity contribution in [3.63, 3.8) is 0 Å². The maximum Gasteiger partial charge on any atom is 0.417 e. The number of carbonyl (C=O) groups excluding carboxylic acids is 3. The lowest BCUT2D eigenvalue weighted by Gasteiger charge is -2.32. The molecule has 3 fully saturated rings. The standard InChI is InChI=1S/C32H37ClF4N4O4/c1-20-4-6-25(15-29(20)33)41(31(44)45-26-8-12-39(13-9-26)21(2)42)11-3-10-38-16-22-18-40(19-23(22)17-38)30(43)27-14-24(34)5-7-28(27)32(35,36)37/h4-7,14-15,22-23,26H,3,8-13,16-19H2,1-2H3. The highest BCUT2D eigenvalue weighted by Crippen LogP contribution is 2.36. The molecule has 3 saturated heterocycles. The van der Waals surface area contributed by atoms with Gasteiger partial charge in [-0.05, 0) is 67.6 Å². The number of likely N-dealkylation sites (tertiary alicyclic amines) is 3. The molecule has 45 heavy (non-hydrogen) atoms. The number of anilines is 1. The Bertz CT molecular complexity index is 1420. The normalized spacial score (nSPS) is 20.8. The summed E-state index contributed by atoms with van der Waals surface area (Å²) >= 11 is 6.38. The van der Waals surface area contributed by atoms with Gasteiger partial charge in [0.05, 0.1) is 11.1 Å². The monoisotopic (exact) mass is 652 g/mol. The zero-order valence-electron chi connectivity index (χ0n) is 25.3. The third kappa shape index (κ3) is 7.71. The van der Waals surface area contributed by atoms with E-state index >= 15 is 0 Å². The molecule has 3 aliphatic heterocycles. The molecule has 8 nitrogen and oxygen atoms in total.